The first-order chi connectivity index (χ1) is 16.7. The number of pyridine rings is 1. The molecule has 0 saturated heterocycles. The molecule has 0 saturated carbocycles. The van der Waals surface area contributed by atoms with E-state index in [4.69, 9.17) is 23.4 Å². The number of hydrogen-bond donors (Lipinski definition) is 0. The van der Waals surface area contributed by atoms with Crippen molar-refractivity contribution in [2.24, 2.45) is 0 Å². The molecule has 3 aromatic heterocycles. The van der Waals surface area contributed by atoms with E-state index in [2.05, 4.69) is 10.1 Å². The predicted octanol–water partition coefficient (Wildman–Crippen LogP) is 5.38. The normalized spacial score (nSPS) is 10.9. The summed E-state index contributed by atoms with van der Waals surface area (Å²) in [5.74, 6) is 2.97. The minimum absolute atomic E-state index is 0.519. The van der Waals surface area contributed by atoms with Crippen LogP contribution in [0.3, 0.4) is 0 Å². The Morgan fingerprint density at radius 3 is 2.24 bits per heavy atom. The molecule has 0 aliphatic carbocycles. The number of benzene rings is 2. The Balaban J connectivity index is 1.69. The van der Waals surface area contributed by atoms with Gasteiger partial charge in [-0.2, -0.15) is 5.10 Å². The third-order valence-corrected chi connectivity index (χ3v) is 5.61. The summed E-state index contributed by atoms with van der Waals surface area (Å²) in [5, 5.41) is 4.41. The van der Waals surface area contributed by atoms with Crippen LogP contribution >= 0.6 is 0 Å². The molecule has 8 nitrogen and oxygen atoms in total. The van der Waals surface area contributed by atoms with E-state index in [0.717, 1.165) is 33.6 Å². The number of aromatic nitrogens is 3. The van der Waals surface area contributed by atoms with Crippen LogP contribution in [0.15, 0.2) is 71.5 Å². The number of hydrogen-bond acceptors (Lipinski definition) is 7. The van der Waals surface area contributed by atoms with E-state index < -0.39 is 0 Å². The highest BCUT2D eigenvalue weighted by Crippen LogP contribution is 2.43. The number of ether oxygens (including phenoxy) is 4. The Kier molecular flexibility index (Phi) is 5.55. The lowest BCUT2D eigenvalue weighted by Crippen LogP contribution is -1.99. The highest BCUT2D eigenvalue weighted by molar-refractivity contribution is 5.95. The van der Waals surface area contributed by atoms with Crippen LogP contribution in [0.2, 0.25) is 0 Å². The van der Waals surface area contributed by atoms with Crippen molar-refractivity contribution in [2.45, 2.75) is 0 Å². The maximum Gasteiger partial charge on any atom is 0.203 e. The van der Waals surface area contributed by atoms with Crippen LogP contribution in [0, 0.1) is 0 Å². The number of methoxy groups -OCH3 is 4. The fourth-order valence-electron chi connectivity index (χ4n) is 3.98. The van der Waals surface area contributed by atoms with Gasteiger partial charge in [-0.25, -0.2) is 4.68 Å². The molecule has 0 unspecified atom stereocenters. The van der Waals surface area contributed by atoms with Crippen LogP contribution < -0.4 is 18.9 Å². The Hall–Kier alpha value is -4.46. The van der Waals surface area contributed by atoms with Crippen molar-refractivity contribution in [3.63, 3.8) is 0 Å². The van der Waals surface area contributed by atoms with E-state index in [9.17, 15) is 0 Å². The Morgan fingerprint density at radius 2 is 1.59 bits per heavy atom. The zero-order chi connectivity index (χ0) is 23.7. The quantitative estimate of drug-likeness (QED) is 0.324. The average Bonchev–Trinajstić information content (AvgIpc) is 3.57. The lowest BCUT2D eigenvalue weighted by Gasteiger charge is -2.13. The topological polar surface area (TPSA) is 80.8 Å². The summed E-state index contributed by atoms with van der Waals surface area (Å²) in [5.41, 5.74) is 4.84. The number of nitrogens with zero attached hydrogens (tertiary/aromatic N) is 3. The maximum atomic E-state index is 6.37. The minimum atomic E-state index is 0.519. The van der Waals surface area contributed by atoms with Crippen molar-refractivity contribution in [1.29, 1.82) is 0 Å². The SMILES string of the molecule is COc1ccc(-c2ccnc3cc(-c4cc(OC)c(OC)c(OC)c4)oc23)c(-n2cccn2)c1. The minimum Gasteiger partial charge on any atom is -0.497 e. The first kappa shape index (κ1) is 21.4. The average molecular weight is 457 g/mol. The zero-order valence-electron chi connectivity index (χ0n) is 19.2. The van der Waals surface area contributed by atoms with E-state index in [1.807, 2.05) is 54.7 Å². The zero-order valence-corrected chi connectivity index (χ0v) is 19.2. The summed E-state index contributed by atoms with van der Waals surface area (Å²) in [7, 11) is 6.38. The van der Waals surface area contributed by atoms with Gasteiger partial charge in [-0.05, 0) is 36.4 Å². The Bertz CT molecular complexity index is 1430. The summed E-state index contributed by atoms with van der Waals surface area (Å²) < 4.78 is 30.1. The van der Waals surface area contributed by atoms with E-state index in [1.54, 1.807) is 45.5 Å². The second-order valence-electron chi connectivity index (χ2n) is 7.43. The molecule has 0 radical (unpaired) electrons. The van der Waals surface area contributed by atoms with E-state index in [-0.39, 0.29) is 0 Å². The fourth-order valence-corrected chi connectivity index (χ4v) is 3.98. The van der Waals surface area contributed by atoms with Crippen LogP contribution in [-0.4, -0.2) is 43.2 Å². The van der Waals surface area contributed by atoms with Crippen LogP contribution in [0.25, 0.3) is 39.2 Å². The van der Waals surface area contributed by atoms with Gasteiger partial charge in [0.25, 0.3) is 0 Å². The molecule has 0 amide bonds. The highest BCUT2D eigenvalue weighted by Gasteiger charge is 2.19. The molecule has 0 fully saturated rings. The molecule has 172 valence electrons. The van der Waals surface area contributed by atoms with Gasteiger partial charge in [-0.1, -0.05) is 0 Å². The molecule has 0 aliphatic rings. The standard InChI is InChI=1S/C26H23N3O5/c1-30-17-6-7-18(21(14-17)29-11-5-9-28-29)19-8-10-27-20-15-22(34-25(19)20)16-12-23(31-2)26(33-4)24(13-16)32-3/h5-15H,1-4H3. The van der Waals surface area contributed by atoms with Crippen molar-refractivity contribution < 1.29 is 23.4 Å². The molecule has 2 aromatic carbocycles. The van der Waals surface area contributed by atoms with Crippen molar-refractivity contribution in [1.82, 2.24) is 14.8 Å². The van der Waals surface area contributed by atoms with Gasteiger partial charge in [0.1, 0.15) is 17.0 Å². The molecule has 8 heteroatoms. The third kappa shape index (κ3) is 3.59. The first-order valence-electron chi connectivity index (χ1n) is 10.5. The van der Waals surface area contributed by atoms with E-state index in [1.165, 1.54) is 0 Å². The molecular weight excluding hydrogens is 434 g/mol. The van der Waals surface area contributed by atoms with E-state index in [0.29, 0.717) is 28.6 Å². The maximum absolute atomic E-state index is 6.37. The third-order valence-electron chi connectivity index (χ3n) is 5.61. The molecule has 5 aromatic rings. The van der Waals surface area contributed by atoms with Gasteiger partial charge in [0, 0.05) is 47.4 Å². The molecule has 0 aliphatic heterocycles. The van der Waals surface area contributed by atoms with Gasteiger partial charge in [0.15, 0.2) is 17.1 Å². The fraction of sp³-hybridized carbons (Fsp3) is 0.154. The van der Waals surface area contributed by atoms with Crippen LogP contribution in [0.1, 0.15) is 0 Å². The number of rotatable bonds is 7. The second kappa shape index (κ2) is 8.82. The van der Waals surface area contributed by atoms with E-state index >= 15 is 0 Å². The number of fused-ring (bicyclic) bond motifs is 1. The van der Waals surface area contributed by atoms with Gasteiger partial charge in [0.2, 0.25) is 5.75 Å². The lowest BCUT2D eigenvalue weighted by atomic mass is 10.0. The monoisotopic (exact) mass is 457 g/mol. The lowest BCUT2D eigenvalue weighted by molar-refractivity contribution is 0.324. The Labute approximate surface area is 196 Å². The van der Waals surface area contributed by atoms with Crippen molar-refractivity contribution >= 4 is 11.1 Å². The molecule has 0 bridgehead atoms. The smallest absolute Gasteiger partial charge is 0.203 e. The largest absolute Gasteiger partial charge is 0.497 e. The van der Waals surface area contributed by atoms with Gasteiger partial charge < -0.3 is 23.4 Å². The predicted molar refractivity (Wildman–Crippen MR) is 128 cm³/mol. The van der Waals surface area contributed by atoms with Crippen LogP contribution in [-0.2, 0) is 0 Å². The molecule has 0 N–H and O–H groups in total. The summed E-state index contributed by atoms with van der Waals surface area (Å²) in [6.45, 7) is 0. The van der Waals surface area contributed by atoms with Crippen molar-refractivity contribution in [3.05, 3.63) is 67.1 Å². The van der Waals surface area contributed by atoms with Gasteiger partial charge in [0.05, 0.1) is 34.1 Å². The van der Waals surface area contributed by atoms with Crippen molar-refractivity contribution in [3.8, 4) is 51.1 Å². The van der Waals surface area contributed by atoms with Crippen LogP contribution in [0.5, 0.6) is 23.0 Å². The molecular formula is C26H23N3O5. The molecule has 3 heterocycles. The summed E-state index contributed by atoms with van der Waals surface area (Å²) in [6.07, 6.45) is 5.39. The molecule has 0 atom stereocenters. The van der Waals surface area contributed by atoms with Gasteiger partial charge in [-0.3, -0.25) is 4.98 Å². The van der Waals surface area contributed by atoms with Gasteiger partial charge >= 0.3 is 0 Å². The Morgan fingerprint density at radius 1 is 0.794 bits per heavy atom. The summed E-state index contributed by atoms with van der Waals surface area (Å²) >= 11 is 0. The first-order valence-corrected chi connectivity index (χ1v) is 10.5. The number of furan rings is 1. The summed E-state index contributed by atoms with van der Waals surface area (Å²) in [4.78, 5) is 4.53. The second-order valence-corrected chi connectivity index (χ2v) is 7.43. The van der Waals surface area contributed by atoms with Crippen molar-refractivity contribution in [2.75, 3.05) is 28.4 Å². The highest BCUT2D eigenvalue weighted by atomic mass is 16.5. The molecule has 34 heavy (non-hydrogen) atoms. The van der Waals surface area contributed by atoms with Crippen LogP contribution in [0.4, 0.5) is 0 Å². The molecule has 5 rings (SSSR count). The molecule has 0 spiro atoms. The van der Waals surface area contributed by atoms with Gasteiger partial charge in [-0.15, -0.1) is 0 Å². The summed E-state index contributed by atoms with van der Waals surface area (Å²) in [6, 6.07) is 15.3.